The van der Waals surface area contributed by atoms with Crippen LogP contribution in [-0.4, -0.2) is 24.7 Å². The first kappa shape index (κ1) is 18.6. The molecule has 0 aliphatic carbocycles. The Morgan fingerprint density at radius 3 is 2.26 bits per heavy atom. The Kier molecular flexibility index (Phi) is 4.49. The van der Waals surface area contributed by atoms with E-state index in [9.17, 15) is 26.3 Å². The molecule has 0 fully saturated rings. The van der Waals surface area contributed by atoms with Crippen molar-refractivity contribution in [3.8, 4) is 17.7 Å². The van der Waals surface area contributed by atoms with Gasteiger partial charge in [0.2, 0.25) is 11.8 Å². The van der Waals surface area contributed by atoms with Gasteiger partial charge in [0, 0.05) is 24.0 Å². The van der Waals surface area contributed by atoms with Crippen molar-refractivity contribution in [3.63, 3.8) is 0 Å². The number of aryl methyl sites for hydroxylation is 1. The van der Waals surface area contributed by atoms with Crippen LogP contribution in [-0.2, 0) is 12.4 Å². The Balaban J connectivity index is 1.92. The Morgan fingerprint density at radius 2 is 1.63 bits per heavy atom. The minimum absolute atomic E-state index is 0.170. The van der Waals surface area contributed by atoms with Crippen molar-refractivity contribution in [1.82, 2.24) is 24.7 Å². The molecular formula is C15H9F6N5O. The molecular weight excluding hydrogens is 380 g/mol. The molecule has 6 nitrogen and oxygen atoms in total. The molecule has 0 unspecified atom stereocenters. The van der Waals surface area contributed by atoms with Crippen LogP contribution in [0.3, 0.4) is 0 Å². The lowest BCUT2D eigenvalue weighted by Crippen LogP contribution is -2.10. The zero-order valence-electron chi connectivity index (χ0n) is 13.4. The van der Waals surface area contributed by atoms with Gasteiger partial charge in [-0.3, -0.25) is 0 Å². The second-order valence-corrected chi connectivity index (χ2v) is 5.26. The second kappa shape index (κ2) is 6.52. The van der Waals surface area contributed by atoms with Crippen molar-refractivity contribution >= 4 is 0 Å². The van der Waals surface area contributed by atoms with Crippen LogP contribution in [0.1, 0.15) is 17.0 Å². The maximum Gasteiger partial charge on any atom is 0.435 e. The number of rotatable bonds is 3. The summed E-state index contributed by atoms with van der Waals surface area (Å²) in [6, 6.07) is 3.80. The second-order valence-electron chi connectivity index (χ2n) is 5.26. The van der Waals surface area contributed by atoms with Gasteiger partial charge in [0.15, 0.2) is 5.69 Å². The van der Waals surface area contributed by atoms with E-state index in [2.05, 4.69) is 20.1 Å². The Bertz CT molecular complexity index is 966. The average Bonchev–Trinajstić information content (AvgIpc) is 3.07. The summed E-state index contributed by atoms with van der Waals surface area (Å²) in [5.74, 6) is -0.803. The number of hydrogen-bond acceptors (Lipinski definition) is 5. The third-order valence-corrected chi connectivity index (χ3v) is 3.21. The SMILES string of the molecule is Cc1cnc(-n2ccc(C(F)(F)F)n2)nc1Oc1cccc(C(F)(F)F)n1. The molecule has 0 aliphatic heterocycles. The Morgan fingerprint density at radius 1 is 0.926 bits per heavy atom. The molecule has 0 radical (unpaired) electrons. The lowest BCUT2D eigenvalue weighted by Gasteiger charge is -2.10. The van der Waals surface area contributed by atoms with Crippen molar-refractivity contribution in [3.05, 3.63) is 53.6 Å². The molecule has 3 aromatic rings. The predicted molar refractivity (Wildman–Crippen MR) is 78.2 cm³/mol. The molecule has 0 saturated carbocycles. The lowest BCUT2D eigenvalue weighted by molar-refractivity contribution is -0.142. The quantitative estimate of drug-likeness (QED) is 0.629. The molecule has 0 spiro atoms. The van der Waals surface area contributed by atoms with E-state index in [0.717, 1.165) is 29.1 Å². The Labute approximate surface area is 147 Å². The lowest BCUT2D eigenvalue weighted by atomic mass is 10.3. The largest absolute Gasteiger partial charge is 0.435 e. The summed E-state index contributed by atoms with van der Waals surface area (Å²) in [5, 5.41) is 3.32. The normalized spacial score (nSPS) is 12.3. The molecule has 0 N–H and O–H groups in total. The standard InChI is InChI=1S/C15H9F6N5O/c1-8-7-22-13(26-6-5-10(25-26)15(19,20)21)24-12(8)27-11-4-2-3-9(23-11)14(16,17)18/h2-7H,1H3. The number of alkyl halides is 6. The highest BCUT2D eigenvalue weighted by Crippen LogP contribution is 2.30. The summed E-state index contributed by atoms with van der Waals surface area (Å²) >= 11 is 0. The number of nitrogens with zero attached hydrogens (tertiary/aromatic N) is 5. The summed E-state index contributed by atoms with van der Waals surface area (Å²) in [7, 11) is 0. The van der Waals surface area contributed by atoms with Gasteiger partial charge in [0.05, 0.1) is 0 Å². The van der Waals surface area contributed by atoms with Crippen LogP contribution in [0.5, 0.6) is 11.8 Å². The van der Waals surface area contributed by atoms with E-state index in [1.807, 2.05) is 0 Å². The first-order valence-corrected chi connectivity index (χ1v) is 7.23. The highest BCUT2D eigenvalue weighted by Gasteiger charge is 2.34. The van der Waals surface area contributed by atoms with Crippen LogP contribution in [0.15, 0.2) is 36.7 Å². The summed E-state index contributed by atoms with van der Waals surface area (Å²) in [4.78, 5) is 11.1. The van der Waals surface area contributed by atoms with Crippen molar-refractivity contribution in [1.29, 1.82) is 0 Å². The summed E-state index contributed by atoms with van der Waals surface area (Å²) in [5.41, 5.74) is -1.97. The number of hydrogen-bond donors (Lipinski definition) is 0. The van der Waals surface area contributed by atoms with Crippen molar-refractivity contribution in [2.45, 2.75) is 19.3 Å². The first-order chi connectivity index (χ1) is 12.5. The van der Waals surface area contributed by atoms with Gasteiger partial charge >= 0.3 is 12.4 Å². The highest BCUT2D eigenvalue weighted by atomic mass is 19.4. The number of aromatic nitrogens is 5. The van der Waals surface area contributed by atoms with Crippen LogP contribution in [0.2, 0.25) is 0 Å². The molecule has 0 aromatic carbocycles. The van der Waals surface area contributed by atoms with Crippen molar-refractivity contribution in [2.24, 2.45) is 0 Å². The van der Waals surface area contributed by atoms with Gasteiger partial charge in [-0.15, -0.1) is 0 Å². The first-order valence-electron chi connectivity index (χ1n) is 7.23. The number of ether oxygens (including phenoxy) is 1. The fraction of sp³-hybridized carbons (Fsp3) is 0.200. The van der Waals surface area contributed by atoms with E-state index in [1.54, 1.807) is 0 Å². The van der Waals surface area contributed by atoms with Crippen molar-refractivity contribution < 1.29 is 31.1 Å². The minimum atomic E-state index is -4.66. The van der Waals surface area contributed by atoms with Crippen molar-refractivity contribution in [2.75, 3.05) is 0 Å². The van der Waals surface area contributed by atoms with Crippen LogP contribution in [0.25, 0.3) is 5.95 Å². The van der Waals surface area contributed by atoms with Gasteiger partial charge in [-0.2, -0.15) is 36.4 Å². The van der Waals surface area contributed by atoms with Crippen LogP contribution < -0.4 is 4.74 Å². The fourth-order valence-electron chi connectivity index (χ4n) is 1.95. The zero-order valence-corrected chi connectivity index (χ0v) is 13.4. The Hall–Kier alpha value is -3.18. The van der Waals surface area contributed by atoms with Gasteiger partial charge in [-0.05, 0) is 19.1 Å². The summed E-state index contributed by atoms with van der Waals surface area (Å²) < 4.78 is 82.1. The topological polar surface area (TPSA) is 65.7 Å². The van der Waals surface area contributed by atoms with E-state index < -0.39 is 23.7 Å². The van der Waals surface area contributed by atoms with Gasteiger partial charge < -0.3 is 4.74 Å². The van der Waals surface area contributed by atoms with Crippen LogP contribution in [0.4, 0.5) is 26.3 Å². The highest BCUT2D eigenvalue weighted by molar-refractivity contribution is 5.30. The molecule has 0 saturated heterocycles. The summed E-state index contributed by atoms with van der Waals surface area (Å²) in [6.07, 6.45) is -7.06. The fourth-order valence-corrected chi connectivity index (χ4v) is 1.95. The monoisotopic (exact) mass is 389 g/mol. The third-order valence-electron chi connectivity index (χ3n) is 3.21. The van der Waals surface area contributed by atoms with E-state index in [4.69, 9.17) is 4.74 Å². The number of pyridine rings is 1. The molecule has 3 rings (SSSR count). The van der Waals surface area contributed by atoms with Gasteiger partial charge in [0.1, 0.15) is 5.69 Å². The molecule has 27 heavy (non-hydrogen) atoms. The smallest absolute Gasteiger partial charge is 0.420 e. The predicted octanol–water partition coefficient (Wildman–Crippen LogP) is 4.20. The zero-order chi connectivity index (χ0) is 19.8. The molecule has 3 aromatic heterocycles. The van der Waals surface area contributed by atoms with E-state index in [1.165, 1.54) is 19.2 Å². The maximum atomic E-state index is 12.7. The van der Waals surface area contributed by atoms with E-state index >= 15 is 0 Å². The van der Waals surface area contributed by atoms with Crippen LogP contribution >= 0.6 is 0 Å². The van der Waals surface area contributed by atoms with Gasteiger partial charge in [-0.1, -0.05) is 6.07 Å². The van der Waals surface area contributed by atoms with Gasteiger partial charge in [0.25, 0.3) is 5.95 Å². The maximum absolute atomic E-state index is 12.7. The van der Waals surface area contributed by atoms with E-state index in [-0.39, 0.29) is 17.7 Å². The molecule has 0 bridgehead atoms. The molecule has 142 valence electrons. The average molecular weight is 389 g/mol. The molecule has 3 heterocycles. The molecule has 0 amide bonds. The third kappa shape index (κ3) is 4.15. The van der Waals surface area contributed by atoms with E-state index in [0.29, 0.717) is 5.56 Å². The molecule has 0 atom stereocenters. The molecule has 12 heteroatoms. The number of halogens is 6. The summed E-state index contributed by atoms with van der Waals surface area (Å²) in [6.45, 7) is 1.51. The minimum Gasteiger partial charge on any atom is -0.420 e. The molecule has 0 aliphatic rings. The van der Waals surface area contributed by atoms with Gasteiger partial charge in [-0.25, -0.2) is 14.6 Å². The van der Waals surface area contributed by atoms with Crippen LogP contribution in [0, 0.1) is 6.92 Å².